The summed E-state index contributed by atoms with van der Waals surface area (Å²) < 4.78 is 15.7. The fourth-order valence-corrected chi connectivity index (χ4v) is 5.23. The van der Waals surface area contributed by atoms with E-state index in [1.807, 2.05) is 12.1 Å². The fraction of sp³-hybridized carbons (Fsp3) is 0.471. The molecule has 5 rings (SSSR count). The Kier molecular flexibility index (Phi) is 2.36. The Morgan fingerprint density at radius 1 is 1.21 bits per heavy atom. The number of amides is 1. The molecule has 1 saturated heterocycles. The van der Waals surface area contributed by atoms with Gasteiger partial charge in [-0.2, -0.15) is 0 Å². The number of ether oxygens (including phenoxy) is 3. The third-order valence-corrected chi connectivity index (χ3v) is 6.08. The third kappa shape index (κ3) is 1.26. The van der Waals surface area contributed by atoms with Gasteiger partial charge in [0.25, 0.3) is 0 Å². The van der Waals surface area contributed by atoms with Gasteiger partial charge in [0.15, 0.2) is 11.5 Å². The summed E-state index contributed by atoms with van der Waals surface area (Å²) in [5.74, 6) is -0.0916. The van der Waals surface area contributed by atoms with E-state index in [0.717, 1.165) is 5.56 Å². The quantitative estimate of drug-likeness (QED) is 0.620. The number of methoxy groups -OCH3 is 1. The number of ketones is 1. The lowest BCUT2D eigenvalue weighted by molar-refractivity contribution is -0.222. The smallest absolute Gasteiger partial charge is 0.310 e. The summed E-state index contributed by atoms with van der Waals surface area (Å²) in [5.41, 5.74) is -0.910. The van der Waals surface area contributed by atoms with E-state index in [-0.39, 0.29) is 37.4 Å². The molecule has 2 aliphatic carbocycles. The van der Waals surface area contributed by atoms with Gasteiger partial charge in [-0.25, -0.2) is 0 Å². The predicted molar refractivity (Wildman–Crippen MR) is 78.4 cm³/mol. The fourth-order valence-electron chi connectivity index (χ4n) is 5.23. The van der Waals surface area contributed by atoms with Gasteiger partial charge in [-0.3, -0.25) is 14.4 Å². The van der Waals surface area contributed by atoms with E-state index in [4.69, 9.17) is 14.2 Å². The molecule has 2 aliphatic heterocycles. The van der Waals surface area contributed by atoms with Crippen molar-refractivity contribution in [2.45, 2.75) is 24.3 Å². The lowest BCUT2D eigenvalue weighted by Crippen LogP contribution is -2.91. The van der Waals surface area contributed by atoms with Crippen molar-refractivity contribution in [3.05, 3.63) is 23.8 Å². The molecule has 7 nitrogen and oxygen atoms in total. The maximum Gasteiger partial charge on any atom is 0.310 e. The van der Waals surface area contributed by atoms with Gasteiger partial charge in [-0.15, -0.1) is 0 Å². The largest absolute Gasteiger partial charge is 0.469 e. The van der Waals surface area contributed by atoms with Crippen LogP contribution in [0.3, 0.4) is 0 Å². The number of hydrogen-bond acceptors (Lipinski definition) is 6. The number of Topliss-reactive ketones (excluding diaryl/α,β-unsaturated/α-hetero) is 1. The highest BCUT2D eigenvalue weighted by Gasteiger charge is 2.85. The molecule has 3 fully saturated rings. The minimum absolute atomic E-state index is 0.00100. The highest BCUT2D eigenvalue weighted by molar-refractivity contribution is 6.07. The van der Waals surface area contributed by atoms with Gasteiger partial charge in [0, 0.05) is 18.3 Å². The molecule has 1 spiro atoms. The Bertz CT molecular complexity index is 819. The van der Waals surface area contributed by atoms with Gasteiger partial charge < -0.3 is 19.5 Å². The lowest BCUT2D eigenvalue weighted by Gasteiger charge is -2.74. The maximum absolute atomic E-state index is 12.5. The molecule has 4 atom stereocenters. The number of carbonyl (C=O) groups excluding carboxylic acids is 3. The van der Waals surface area contributed by atoms with Crippen LogP contribution >= 0.6 is 0 Å². The second kappa shape index (κ2) is 4.09. The number of hydrogen-bond donors (Lipinski definition) is 1. The molecule has 2 heterocycles. The average Bonchev–Trinajstić information content (AvgIpc) is 3.05. The summed E-state index contributed by atoms with van der Waals surface area (Å²) in [4.78, 5) is 37.0. The molecule has 0 radical (unpaired) electrons. The Hall–Kier alpha value is -2.57. The van der Waals surface area contributed by atoms with Crippen LogP contribution in [0.25, 0.3) is 0 Å². The van der Waals surface area contributed by atoms with Crippen molar-refractivity contribution in [2.75, 3.05) is 13.9 Å². The van der Waals surface area contributed by atoms with Crippen molar-refractivity contribution < 1.29 is 28.6 Å². The second-order valence-electron chi connectivity index (χ2n) is 6.90. The van der Waals surface area contributed by atoms with Crippen LogP contribution < -0.4 is 14.8 Å². The van der Waals surface area contributed by atoms with Crippen molar-refractivity contribution in [1.29, 1.82) is 0 Å². The van der Waals surface area contributed by atoms with Crippen molar-refractivity contribution in [2.24, 2.45) is 11.3 Å². The first kappa shape index (κ1) is 13.8. The van der Waals surface area contributed by atoms with E-state index in [1.165, 1.54) is 7.11 Å². The number of piperidine rings is 1. The first-order valence-corrected chi connectivity index (χ1v) is 7.84. The van der Waals surface area contributed by atoms with Crippen LogP contribution in [0.2, 0.25) is 0 Å². The van der Waals surface area contributed by atoms with E-state index in [2.05, 4.69) is 5.32 Å². The summed E-state index contributed by atoms with van der Waals surface area (Å²) >= 11 is 0. The molecule has 1 aromatic rings. The molecule has 1 amide bonds. The van der Waals surface area contributed by atoms with Crippen LogP contribution in [-0.2, 0) is 24.5 Å². The van der Waals surface area contributed by atoms with Gasteiger partial charge in [0.1, 0.15) is 5.78 Å². The molecule has 124 valence electrons. The number of nitrogens with one attached hydrogen (secondary N) is 1. The number of benzene rings is 1. The van der Waals surface area contributed by atoms with Crippen LogP contribution in [0.1, 0.15) is 18.4 Å². The average molecular weight is 329 g/mol. The topological polar surface area (TPSA) is 90.9 Å². The molecular weight excluding hydrogens is 314 g/mol. The van der Waals surface area contributed by atoms with E-state index < -0.39 is 22.7 Å². The predicted octanol–water partition coefficient (Wildman–Crippen LogP) is 0.304. The molecular formula is C17H15NO6. The first-order valence-electron chi connectivity index (χ1n) is 7.84. The Morgan fingerprint density at radius 2 is 1.96 bits per heavy atom. The van der Waals surface area contributed by atoms with Gasteiger partial charge in [-0.05, 0) is 17.7 Å². The Labute approximate surface area is 137 Å². The molecule has 4 aliphatic rings. The summed E-state index contributed by atoms with van der Waals surface area (Å²) in [6, 6.07) is 5.21. The number of esters is 1. The van der Waals surface area contributed by atoms with Gasteiger partial charge in [0.2, 0.25) is 12.7 Å². The van der Waals surface area contributed by atoms with Gasteiger partial charge >= 0.3 is 5.97 Å². The van der Waals surface area contributed by atoms with Crippen molar-refractivity contribution in [3.63, 3.8) is 0 Å². The van der Waals surface area contributed by atoms with Crippen LogP contribution in [0, 0.1) is 11.3 Å². The zero-order valence-corrected chi connectivity index (χ0v) is 13.0. The minimum Gasteiger partial charge on any atom is -0.469 e. The van der Waals surface area contributed by atoms with Crippen LogP contribution in [0.5, 0.6) is 11.5 Å². The number of carbonyl (C=O) groups is 3. The lowest BCUT2D eigenvalue weighted by atomic mass is 9.31. The molecule has 0 unspecified atom stereocenters. The maximum atomic E-state index is 12.5. The third-order valence-electron chi connectivity index (χ3n) is 6.08. The molecule has 2 saturated carbocycles. The summed E-state index contributed by atoms with van der Waals surface area (Å²) in [6.45, 7) is 0.148. The van der Waals surface area contributed by atoms with E-state index in [9.17, 15) is 14.4 Å². The van der Waals surface area contributed by atoms with Crippen LogP contribution in [-0.4, -0.2) is 37.6 Å². The zero-order chi connectivity index (χ0) is 16.7. The summed E-state index contributed by atoms with van der Waals surface area (Å²) in [5, 5.41) is 2.90. The summed E-state index contributed by atoms with van der Waals surface area (Å²) in [6.07, 6.45) is 0.314. The van der Waals surface area contributed by atoms with E-state index in [1.54, 1.807) is 6.07 Å². The first-order chi connectivity index (χ1) is 11.5. The molecule has 0 aromatic heterocycles. The number of β-lactam (4-membered cyclic amide) rings is 1. The molecule has 2 bridgehead atoms. The van der Waals surface area contributed by atoms with Crippen molar-refractivity contribution in [3.8, 4) is 11.5 Å². The second-order valence-corrected chi connectivity index (χ2v) is 6.90. The highest BCUT2D eigenvalue weighted by Crippen LogP contribution is 2.71. The number of rotatable bonds is 2. The molecule has 24 heavy (non-hydrogen) atoms. The van der Waals surface area contributed by atoms with Gasteiger partial charge in [-0.1, -0.05) is 6.07 Å². The molecule has 1 aromatic carbocycles. The Balaban J connectivity index is 1.68. The molecule has 1 N–H and O–H groups in total. The van der Waals surface area contributed by atoms with Crippen molar-refractivity contribution in [1.82, 2.24) is 5.32 Å². The minimum atomic E-state index is -0.946. The standard InChI is InChI=1S/C17H15NO6/c1-22-13(20)12-16(8-2-3-10-11(4-8)24-7-23-10)5-9(19)6-17(12)14(16)18-15(17)21/h2-4,12,14H,5-7H2,1H3,(H,18,21)/t12-,14-,16-,17+/m1/s1. The summed E-state index contributed by atoms with van der Waals surface area (Å²) in [7, 11) is 1.31. The molecule has 7 heteroatoms. The Morgan fingerprint density at radius 3 is 2.71 bits per heavy atom. The SMILES string of the molecule is COC(=O)[C@H]1[C@@]23CC(=O)C[C@]1(c1ccc4c(c1)OCO4)[C@H]2NC3=O. The van der Waals surface area contributed by atoms with Crippen LogP contribution in [0.4, 0.5) is 0 Å². The van der Waals surface area contributed by atoms with E-state index in [0.29, 0.717) is 11.5 Å². The highest BCUT2D eigenvalue weighted by atomic mass is 16.7. The van der Waals surface area contributed by atoms with E-state index >= 15 is 0 Å². The van der Waals surface area contributed by atoms with Gasteiger partial charge in [0.05, 0.1) is 24.5 Å². The zero-order valence-electron chi connectivity index (χ0n) is 13.0. The number of fused-ring (bicyclic) bond motifs is 3. The van der Waals surface area contributed by atoms with Crippen molar-refractivity contribution >= 4 is 17.7 Å². The monoisotopic (exact) mass is 329 g/mol. The normalized spacial score (nSPS) is 37.7. The van der Waals surface area contributed by atoms with Crippen LogP contribution in [0.15, 0.2) is 18.2 Å².